The van der Waals surface area contributed by atoms with Crippen LogP contribution in [0.25, 0.3) is 10.9 Å². The molecule has 4 aromatic carbocycles. The number of para-hydroxylation sites is 1. The molecule has 178 valence electrons. The number of carbonyl (C=O) groups excluding carboxylic acids is 2. The monoisotopic (exact) mass is 491 g/mol. The molecule has 0 aliphatic carbocycles. The highest BCUT2D eigenvalue weighted by molar-refractivity contribution is 6.30. The van der Waals surface area contributed by atoms with Gasteiger partial charge in [-0.05, 0) is 35.7 Å². The van der Waals surface area contributed by atoms with Crippen molar-refractivity contribution in [2.75, 3.05) is 0 Å². The minimum atomic E-state index is -0.838. The third-order valence-electron chi connectivity index (χ3n) is 6.80. The van der Waals surface area contributed by atoms with Crippen LogP contribution >= 0.6 is 11.6 Å². The zero-order valence-electron chi connectivity index (χ0n) is 20.0. The fourth-order valence-corrected chi connectivity index (χ4v) is 5.09. The van der Waals surface area contributed by atoms with Crippen LogP contribution in [-0.4, -0.2) is 16.1 Å². The van der Waals surface area contributed by atoms with E-state index in [4.69, 9.17) is 11.6 Å². The molecule has 0 spiro atoms. The van der Waals surface area contributed by atoms with Crippen molar-refractivity contribution in [2.45, 2.75) is 12.3 Å². The Morgan fingerprint density at radius 3 is 1.83 bits per heavy atom. The Bertz CT molecular complexity index is 1450. The topological polar surface area (TPSA) is 39.1 Å². The van der Waals surface area contributed by atoms with Gasteiger partial charge in [-0.25, -0.2) is 0 Å². The Labute approximate surface area is 216 Å². The Morgan fingerprint density at radius 1 is 0.722 bits per heavy atom. The largest absolute Gasteiger partial charge is 0.350 e. The van der Waals surface area contributed by atoms with Crippen molar-refractivity contribution in [3.63, 3.8) is 0 Å². The average Bonchev–Trinajstić information content (AvgIpc) is 3.26. The minimum Gasteiger partial charge on any atom is -0.350 e. The Morgan fingerprint density at radius 2 is 1.25 bits per heavy atom. The van der Waals surface area contributed by atoms with E-state index in [0.717, 1.165) is 22.0 Å². The molecule has 3 nitrogen and oxygen atoms in total. The summed E-state index contributed by atoms with van der Waals surface area (Å²) in [6.07, 6.45) is 2.46. The number of hydrogen-bond donors (Lipinski definition) is 0. The molecule has 1 aromatic heterocycles. The highest BCUT2D eigenvalue weighted by Crippen LogP contribution is 2.38. The molecule has 0 bridgehead atoms. The van der Waals surface area contributed by atoms with Gasteiger partial charge >= 0.3 is 0 Å². The van der Waals surface area contributed by atoms with Crippen LogP contribution < -0.4 is 0 Å². The molecule has 0 radical (unpaired) electrons. The number of aromatic nitrogens is 1. The Balaban J connectivity index is 1.64. The van der Waals surface area contributed by atoms with E-state index in [1.165, 1.54) is 0 Å². The number of carbonyl (C=O) groups is 2. The van der Waals surface area contributed by atoms with Gasteiger partial charge in [-0.2, -0.15) is 0 Å². The van der Waals surface area contributed by atoms with Gasteiger partial charge in [0.25, 0.3) is 0 Å². The summed E-state index contributed by atoms with van der Waals surface area (Å²) in [4.78, 5) is 27.7. The van der Waals surface area contributed by atoms with Crippen molar-refractivity contribution in [1.82, 2.24) is 4.57 Å². The molecule has 1 heterocycles. The first-order chi connectivity index (χ1) is 17.5. The van der Waals surface area contributed by atoms with Gasteiger partial charge in [0.05, 0.1) is 5.92 Å². The number of hydrogen-bond acceptors (Lipinski definition) is 2. The quantitative estimate of drug-likeness (QED) is 0.164. The third-order valence-corrected chi connectivity index (χ3v) is 7.05. The summed E-state index contributed by atoms with van der Waals surface area (Å²) >= 11 is 6.22. The standard InChI is InChI=1S/C32H26ClNO2/c1-34-21-29(26-14-8-9-15-30(26)34)27(22-16-18-25(33)19-17-22)20-28(31(35)23-10-4-2-5-11-23)32(36)24-12-6-3-7-13-24/h2-19,21,27-28H,20H2,1H3/t27-/m1/s1. The fourth-order valence-electron chi connectivity index (χ4n) is 4.96. The van der Waals surface area contributed by atoms with Gasteiger partial charge in [0.1, 0.15) is 0 Å². The van der Waals surface area contributed by atoms with E-state index in [2.05, 4.69) is 22.9 Å². The smallest absolute Gasteiger partial charge is 0.173 e. The molecule has 1 atom stereocenters. The van der Waals surface area contributed by atoms with Gasteiger partial charge in [-0.3, -0.25) is 9.59 Å². The molecule has 0 N–H and O–H groups in total. The number of rotatable bonds is 8. The maximum atomic E-state index is 13.8. The van der Waals surface area contributed by atoms with Crippen molar-refractivity contribution >= 4 is 34.1 Å². The predicted octanol–water partition coefficient (Wildman–Crippen LogP) is 7.74. The zero-order valence-corrected chi connectivity index (χ0v) is 20.7. The highest BCUT2D eigenvalue weighted by atomic mass is 35.5. The minimum absolute atomic E-state index is 0.163. The Kier molecular flexibility index (Phi) is 6.84. The van der Waals surface area contributed by atoms with Crippen molar-refractivity contribution < 1.29 is 9.59 Å². The fraction of sp³-hybridized carbons (Fsp3) is 0.125. The number of halogens is 1. The van der Waals surface area contributed by atoms with Crippen LogP contribution in [0.15, 0.2) is 115 Å². The number of ketones is 2. The Hall–Kier alpha value is -3.95. The van der Waals surface area contributed by atoms with Crippen LogP contribution in [0.4, 0.5) is 0 Å². The first-order valence-electron chi connectivity index (χ1n) is 12.0. The molecule has 0 saturated carbocycles. The number of aryl methyl sites for hydroxylation is 1. The molecule has 0 saturated heterocycles. The molecule has 0 unspecified atom stereocenters. The first kappa shape index (κ1) is 23.8. The van der Waals surface area contributed by atoms with Crippen molar-refractivity contribution in [3.05, 3.63) is 143 Å². The average molecular weight is 492 g/mol. The van der Waals surface area contributed by atoms with Gasteiger partial charge in [-0.15, -0.1) is 0 Å². The summed E-state index contributed by atoms with van der Waals surface area (Å²) in [6.45, 7) is 0. The van der Waals surface area contributed by atoms with E-state index < -0.39 is 5.92 Å². The van der Waals surface area contributed by atoms with Crippen molar-refractivity contribution in [2.24, 2.45) is 13.0 Å². The summed E-state index contributed by atoms with van der Waals surface area (Å²) < 4.78 is 2.10. The van der Waals surface area contributed by atoms with Crippen molar-refractivity contribution in [1.29, 1.82) is 0 Å². The van der Waals surface area contributed by atoms with E-state index in [0.29, 0.717) is 22.6 Å². The molecule has 36 heavy (non-hydrogen) atoms. The molecule has 5 aromatic rings. The van der Waals surface area contributed by atoms with Crippen LogP contribution in [-0.2, 0) is 7.05 Å². The molecular formula is C32H26ClNO2. The summed E-state index contributed by atoms with van der Waals surface area (Å²) in [6, 6.07) is 34.1. The first-order valence-corrected chi connectivity index (χ1v) is 12.4. The van der Waals surface area contributed by atoms with E-state index in [9.17, 15) is 9.59 Å². The van der Waals surface area contributed by atoms with E-state index >= 15 is 0 Å². The predicted molar refractivity (Wildman–Crippen MR) is 146 cm³/mol. The summed E-state index contributed by atoms with van der Waals surface area (Å²) in [5.41, 5.74) is 4.29. The lowest BCUT2D eigenvalue weighted by atomic mass is 9.78. The van der Waals surface area contributed by atoms with Crippen LogP contribution in [0.5, 0.6) is 0 Å². The summed E-state index contributed by atoms with van der Waals surface area (Å²) in [5.74, 6) is -1.35. The third kappa shape index (κ3) is 4.75. The van der Waals surface area contributed by atoms with Gasteiger partial charge in [0.2, 0.25) is 0 Å². The maximum Gasteiger partial charge on any atom is 0.173 e. The summed E-state index contributed by atoms with van der Waals surface area (Å²) in [5, 5.41) is 1.76. The molecule has 0 aliphatic heterocycles. The van der Waals surface area contributed by atoms with Crippen molar-refractivity contribution in [3.8, 4) is 0 Å². The number of fused-ring (bicyclic) bond motifs is 1. The highest BCUT2D eigenvalue weighted by Gasteiger charge is 2.33. The van der Waals surface area contributed by atoms with Gasteiger partial charge in [0.15, 0.2) is 11.6 Å². The lowest BCUT2D eigenvalue weighted by molar-refractivity contribution is 0.0796. The molecule has 0 amide bonds. The van der Waals surface area contributed by atoms with E-state index in [1.807, 2.05) is 79.8 Å². The number of benzene rings is 4. The van der Waals surface area contributed by atoms with Gasteiger partial charge in [-0.1, -0.05) is 103 Å². The van der Waals surface area contributed by atoms with Gasteiger partial charge in [0, 0.05) is 46.2 Å². The molecule has 0 aliphatic rings. The normalized spacial score (nSPS) is 12.1. The van der Waals surface area contributed by atoms with Crippen LogP contribution in [0, 0.1) is 5.92 Å². The second-order valence-corrected chi connectivity index (χ2v) is 9.50. The number of nitrogens with zero attached hydrogens (tertiary/aromatic N) is 1. The zero-order chi connectivity index (χ0) is 25.1. The van der Waals surface area contributed by atoms with Crippen LogP contribution in [0.3, 0.4) is 0 Å². The van der Waals surface area contributed by atoms with E-state index in [1.54, 1.807) is 24.3 Å². The molecular weight excluding hydrogens is 466 g/mol. The lowest BCUT2D eigenvalue weighted by Crippen LogP contribution is -2.27. The van der Waals surface area contributed by atoms with Gasteiger partial charge < -0.3 is 4.57 Å². The maximum absolute atomic E-state index is 13.8. The summed E-state index contributed by atoms with van der Waals surface area (Å²) in [7, 11) is 2.02. The SMILES string of the molecule is Cn1cc([C@H](CC(C(=O)c2ccccc2)C(=O)c2ccccc2)c2ccc(Cl)cc2)c2ccccc21. The molecule has 4 heteroatoms. The molecule has 5 rings (SSSR count). The number of Topliss-reactive ketones (excluding diaryl/α,β-unsaturated/α-hetero) is 2. The lowest BCUT2D eigenvalue weighted by Gasteiger charge is -2.23. The molecule has 0 fully saturated rings. The van der Waals surface area contributed by atoms with Crippen LogP contribution in [0.2, 0.25) is 5.02 Å². The second-order valence-electron chi connectivity index (χ2n) is 9.07. The second kappa shape index (κ2) is 10.3. The van der Waals surface area contributed by atoms with E-state index in [-0.39, 0.29) is 17.5 Å². The van der Waals surface area contributed by atoms with Crippen LogP contribution in [0.1, 0.15) is 44.2 Å².